The summed E-state index contributed by atoms with van der Waals surface area (Å²) < 4.78 is 10.9. The molecule has 1 amide bonds. The lowest BCUT2D eigenvalue weighted by Crippen LogP contribution is -2.18. The van der Waals surface area contributed by atoms with Crippen LogP contribution in [0.25, 0.3) is 0 Å². The predicted molar refractivity (Wildman–Crippen MR) is 90.1 cm³/mol. The van der Waals surface area contributed by atoms with Crippen molar-refractivity contribution in [2.75, 3.05) is 6.61 Å². The van der Waals surface area contributed by atoms with Gasteiger partial charge in [0.05, 0.1) is 12.8 Å². The van der Waals surface area contributed by atoms with Crippen molar-refractivity contribution in [3.05, 3.63) is 52.4 Å². The van der Waals surface area contributed by atoms with Crippen molar-refractivity contribution < 1.29 is 13.9 Å². The summed E-state index contributed by atoms with van der Waals surface area (Å²) in [6.07, 6.45) is 2.41. The summed E-state index contributed by atoms with van der Waals surface area (Å²) in [7, 11) is 0. The molecule has 2 rings (SSSR count). The first kappa shape index (κ1) is 17.1. The van der Waals surface area contributed by atoms with Crippen molar-refractivity contribution in [1.82, 2.24) is 5.43 Å². The molecule has 1 aromatic carbocycles. The van der Waals surface area contributed by atoms with E-state index < -0.39 is 0 Å². The minimum atomic E-state index is -0.166. The lowest BCUT2D eigenvalue weighted by molar-refractivity contribution is -0.121. The van der Waals surface area contributed by atoms with E-state index in [1.54, 1.807) is 12.1 Å². The Kier molecular flexibility index (Phi) is 6.23. The number of carbonyl (C=O) groups is 1. The van der Waals surface area contributed by atoms with Gasteiger partial charge in [-0.05, 0) is 56.2 Å². The molecule has 0 aliphatic carbocycles. The molecule has 0 fully saturated rings. The number of rotatable bonds is 7. The maximum Gasteiger partial charge on any atom is 0.240 e. The quantitative estimate of drug-likeness (QED) is 0.475. The Morgan fingerprint density at radius 2 is 2.17 bits per heavy atom. The smallest absolute Gasteiger partial charge is 0.240 e. The summed E-state index contributed by atoms with van der Waals surface area (Å²) in [6.45, 7) is 4.23. The van der Waals surface area contributed by atoms with Gasteiger partial charge in [-0.1, -0.05) is 11.6 Å². The van der Waals surface area contributed by atoms with Gasteiger partial charge in [-0.25, -0.2) is 5.43 Å². The fraction of sp³-hybridized carbons (Fsp3) is 0.294. The van der Waals surface area contributed by atoms with Crippen molar-refractivity contribution in [1.29, 1.82) is 0 Å². The third-order valence-electron chi connectivity index (χ3n) is 3.08. The minimum Gasteiger partial charge on any atom is -0.493 e. The number of halogens is 1. The summed E-state index contributed by atoms with van der Waals surface area (Å²) in [5.74, 6) is 2.01. The Balaban J connectivity index is 1.65. The van der Waals surface area contributed by atoms with E-state index in [1.807, 2.05) is 32.0 Å². The van der Waals surface area contributed by atoms with E-state index in [1.165, 1.54) is 6.21 Å². The molecule has 1 heterocycles. The number of nitrogens with one attached hydrogen (secondary N) is 1. The SMILES string of the molecule is Cc1ccc(/C=N/NC(=O)CCCOc2ccc(Cl)cc2C)o1. The molecule has 23 heavy (non-hydrogen) atoms. The number of ether oxygens (including phenoxy) is 1. The van der Waals surface area contributed by atoms with Gasteiger partial charge < -0.3 is 9.15 Å². The zero-order valence-corrected chi connectivity index (χ0v) is 13.9. The number of carbonyl (C=O) groups excluding carboxylic acids is 1. The molecule has 0 saturated carbocycles. The van der Waals surface area contributed by atoms with Crippen LogP contribution < -0.4 is 10.2 Å². The maximum absolute atomic E-state index is 11.6. The van der Waals surface area contributed by atoms with Crippen molar-refractivity contribution in [3.63, 3.8) is 0 Å². The molecule has 0 bridgehead atoms. The summed E-state index contributed by atoms with van der Waals surface area (Å²) in [5.41, 5.74) is 3.43. The highest BCUT2D eigenvalue weighted by Crippen LogP contribution is 2.21. The standard InChI is InChI=1S/C17H19ClN2O3/c1-12-10-14(18)6-8-16(12)22-9-3-4-17(21)20-19-11-15-7-5-13(2)23-15/h5-8,10-11H,3-4,9H2,1-2H3,(H,20,21)/b19-11+. The van der Waals surface area contributed by atoms with Gasteiger partial charge in [0.25, 0.3) is 0 Å². The predicted octanol–water partition coefficient (Wildman–Crippen LogP) is 3.86. The first-order valence-electron chi connectivity index (χ1n) is 7.32. The number of hydrogen-bond acceptors (Lipinski definition) is 4. The monoisotopic (exact) mass is 334 g/mol. The number of nitrogens with zero attached hydrogens (tertiary/aromatic N) is 1. The molecule has 0 saturated heterocycles. The Morgan fingerprint density at radius 1 is 1.35 bits per heavy atom. The number of furan rings is 1. The average Bonchev–Trinajstić information content (AvgIpc) is 2.91. The molecule has 1 N–H and O–H groups in total. The van der Waals surface area contributed by atoms with E-state index in [4.69, 9.17) is 20.8 Å². The second-order valence-corrected chi connectivity index (χ2v) is 5.54. The molecule has 0 aliphatic rings. The third-order valence-corrected chi connectivity index (χ3v) is 3.32. The fourth-order valence-electron chi connectivity index (χ4n) is 1.94. The molecule has 0 radical (unpaired) electrons. The fourth-order valence-corrected chi connectivity index (χ4v) is 2.16. The third kappa shape index (κ3) is 5.79. The number of amides is 1. The van der Waals surface area contributed by atoms with Gasteiger partial charge in [0.2, 0.25) is 5.91 Å². The van der Waals surface area contributed by atoms with E-state index in [-0.39, 0.29) is 5.91 Å². The van der Waals surface area contributed by atoms with Gasteiger partial charge in [0, 0.05) is 11.4 Å². The molecular weight excluding hydrogens is 316 g/mol. The normalized spacial score (nSPS) is 10.9. The summed E-state index contributed by atoms with van der Waals surface area (Å²) in [5, 5.41) is 4.52. The molecule has 122 valence electrons. The van der Waals surface area contributed by atoms with E-state index in [9.17, 15) is 4.79 Å². The Hall–Kier alpha value is -2.27. The van der Waals surface area contributed by atoms with Crippen LogP contribution in [-0.2, 0) is 4.79 Å². The van der Waals surface area contributed by atoms with E-state index >= 15 is 0 Å². The van der Waals surface area contributed by atoms with Crippen LogP contribution in [0.2, 0.25) is 5.02 Å². The topological polar surface area (TPSA) is 63.8 Å². The molecule has 1 aromatic heterocycles. The van der Waals surface area contributed by atoms with Crippen LogP contribution in [0.5, 0.6) is 5.75 Å². The summed E-state index contributed by atoms with van der Waals surface area (Å²) in [4.78, 5) is 11.6. The maximum atomic E-state index is 11.6. The molecule has 5 nitrogen and oxygen atoms in total. The Bertz CT molecular complexity index is 695. The van der Waals surface area contributed by atoms with Crippen molar-refractivity contribution in [2.24, 2.45) is 5.10 Å². The van der Waals surface area contributed by atoms with Gasteiger partial charge in [0.15, 0.2) is 0 Å². The lowest BCUT2D eigenvalue weighted by Gasteiger charge is -2.08. The van der Waals surface area contributed by atoms with Crippen LogP contribution in [0.1, 0.15) is 29.9 Å². The van der Waals surface area contributed by atoms with Crippen LogP contribution in [-0.4, -0.2) is 18.7 Å². The zero-order chi connectivity index (χ0) is 16.7. The van der Waals surface area contributed by atoms with Gasteiger partial charge in [-0.2, -0.15) is 5.10 Å². The Morgan fingerprint density at radius 3 is 2.87 bits per heavy atom. The van der Waals surface area contributed by atoms with Gasteiger partial charge in [-0.15, -0.1) is 0 Å². The summed E-state index contributed by atoms with van der Waals surface area (Å²) in [6, 6.07) is 9.07. The van der Waals surface area contributed by atoms with Gasteiger partial charge in [-0.3, -0.25) is 4.79 Å². The van der Waals surface area contributed by atoms with Gasteiger partial charge in [0.1, 0.15) is 17.3 Å². The second kappa shape index (κ2) is 8.39. The highest BCUT2D eigenvalue weighted by atomic mass is 35.5. The molecule has 6 heteroatoms. The number of aryl methyl sites for hydroxylation is 2. The summed E-state index contributed by atoms with van der Waals surface area (Å²) >= 11 is 5.89. The van der Waals surface area contributed by atoms with Crippen LogP contribution in [0.3, 0.4) is 0 Å². The van der Waals surface area contributed by atoms with Crippen molar-refractivity contribution >= 4 is 23.7 Å². The van der Waals surface area contributed by atoms with Crippen LogP contribution in [0.4, 0.5) is 0 Å². The average molecular weight is 335 g/mol. The minimum absolute atomic E-state index is 0.166. The van der Waals surface area contributed by atoms with Crippen molar-refractivity contribution in [2.45, 2.75) is 26.7 Å². The first-order chi connectivity index (χ1) is 11.0. The van der Waals surface area contributed by atoms with Gasteiger partial charge >= 0.3 is 0 Å². The molecule has 0 aliphatic heterocycles. The molecule has 0 spiro atoms. The highest BCUT2D eigenvalue weighted by molar-refractivity contribution is 6.30. The zero-order valence-electron chi connectivity index (χ0n) is 13.1. The molecule has 0 unspecified atom stereocenters. The number of hydrazone groups is 1. The molecule has 0 atom stereocenters. The lowest BCUT2D eigenvalue weighted by atomic mass is 10.2. The van der Waals surface area contributed by atoms with E-state index in [0.717, 1.165) is 17.1 Å². The van der Waals surface area contributed by atoms with Crippen LogP contribution in [0, 0.1) is 13.8 Å². The molecule has 2 aromatic rings. The van der Waals surface area contributed by atoms with Crippen LogP contribution in [0.15, 0.2) is 39.9 Å². The van der Waals surface area contributed by atoms with Crippen molar-refractivity contribution in [3.8, 4) is 5.75 Å². The second-order valence-electron chi connectivity index (χ2n) is 5.10. The number of benzene rings is 1. The first-order valence-corrected chi connectivity index (χ1v) is 7.69. The van der Waals surface area contributed by atoms with Crippen LogP contribution >= 0.6 is 11.6 Å². The van der Waals surface area contributed by atoms with E-state index in [0.29, 0.717) is 30.2 Å². The van der Waals surface area contributed by atoms with E-state index in [2.05, 4.69) is 10.5 Å². The molecular formula is C17H19ClN2O3. The number of hydrogen-bond donors (Lipinski definition) is 1. The largest absolute Gasteiger partial charge is 0.493 e. The highest BCUT2D eigenvalue weighted by Gasteiger charge is 2.03. The Labute approximate surface area is 140 Å².